The molecule has 1 aromatic rings. The van der Waals surface area contributed by atoms with E-state index >= 15 is 0 Å². The molecular formula is C14H17NO3. The maximum Gasteiger partial charge on any atom is 0.255 e. The first-order valence-corrected chi connectivity index (χ1v) is 6.39. The first-order valence-electron chi connectivity index (χ1n) is 6.39. The summed E-state index contributed by atoms with van der Waals surface area (Å²) in [5, 5.41) is 12.7. The minimum atomic E-state index is -0.211. The molecule has 0 aromatic heterocycles. The van der Waals surface area contributed by atoms with Gasteiger partial charge in [-0.3, -0.25) is 4.79 Å². The molecule has 2 saturated heterocycles. The Labute approximate surface area is 106 Å². The van der Waals surface area contributed by atoms with Crippen LogP contribution in [0.3, 0.4) is 0 Å². The molecule has 4 heteroatoms. The van der Waals surface area contributed by atoms with Crippen molar-refractivity contribution < 1.29 is 14.6 Å². The van der Waals surface area contributed by atoms with Gasteiger partial charge in [0.05, 0.1) is 23.8 Å². The van der Waals surface area contributed by atoms with Gasteiger partial charge in [0.2, 0.25) is 0 Å². The summed E-state index contributed by atoms with van der Waals surface area (Å²) < 4.78 is 5.70. The molecule has 2 aliphatic rings. The summed E-state index contributed by atoms with van der Waals surface area (Å²) in [7, 11) is 0. The highest BCUT2D eigenvalue weighted by atomic mass is 16.5. The molecule has 3 rings (SSSR count). The van der Waals surface area contributed by atoms with Gasteiger partial charge in [-0.15, -0.1) is 0 Å². The van der Waals surface area contributed by atoms with Gasteiger partial charge in [-0.1, -0.05) is 11.6 Å². The summed E-state index contributed by atoms with van der Waals surface area (Å²) in [5.74, 6) is -0.181. The minimum absolute atomic E-state index is 0.0298. The van der Waals surface area contributed by atoms with E-state index in [9.17, 15) is 9.90 Å². The number of carbonyl (C=O) groups excluding carboxylic acids is 1. The third-order valence-corrected chi connectivity index (χ3v) is 3.82. The van der Waals surface area contributed by atoms with Crippen molar-refractivity contribution in [3.63, 3.8) is 0 Å². The van der Waals surface area contributed by atoms with Crippen LogP contribution in [0.15, 0.2) is 18.2 Å². The topological polar surface area (TPSA) is 58.6 Å². The van der Waals surface area contributed by atoms with Gasteiger partial charge in [0.1, 0.15) is 5.75 Å². The molecule has 3 unspecified atom stereocenters. The normalized spacial score (nSPS) is 29.5. The summed E-state index contributed by atoms with van der Waals surface area (Å²) in [4.78, 5) is 12.1. The molecule has 3 atom stereocenters. The van der Waals surface area contributed by atoms with Crippen LogP contribution in [-0.4, -0.2) is 29.3 Å². The van der Waals surface area contributed by atoms with Crippen molar-refractivity contribution >= 4 is 5.91 Å². The fourth-order valence-electron chi connectivity index (χ4n) is 2.87. The lowest BCUT2D eigenvalue weighted by Gasteiger charge is -2.20. The minimum Gasteiger partial charge on any atom is -0.507 e. The van der Waals surface area contributed by atoms with Crippen molar-refractivity contribution in [1.82, 2.24) is 5.32 Å². The van der Waals surface area contributed by atoms with Crippen molar-refractivity contribution in [2.45, 2.75) is 44.4 Å². The second-order valence-corrected chi connectivity index (χ2v) is 5.21. The van der Waals surface area contributed by atoms with Crippen LogP contribution in [0.2, 0.25) is 0 Å². The number of hydrogen-bond donors (Lipinski definition) is 2. The van der Waals surface area contributed by atoms with Crippen LogP contribution in [0.1, 0.15) is 35.2 Å². The average Bonchev–Trinajstić information content (AvgIpc) is 2.94. The SMILES string of the molecule is Cc1ccc(O)c(C(=O)NC2CC3CCC2O3)c1. The van der Waals surface area contributed by atoms with Gasteiger partial charge < -0.3 is 15.2 Å². The van der Waals surface area contributed by atoms with E-state index < -0.39 is 0 Å². The van der Waals surface area contributed by atoms with E-state index in [1.54, 1.807) is 18.2 Å². The third-order valence-electron chi connectivity index (χ3n) is 3.82. The Balaban J connectivity index is 1.73. The quantitative estimate of drug-likeness (QED) is 0.837. The number of rotatable bonds is 2. The molecule has 2 N–H and O–H groups in total. The molecule has 2 heterocycles. The Morgan fingerprint density at radius 1 is 1.44 bits per heavy atom. The van der Waals surface area contributed by atoms with Crippen molar-refractivity contribution in [3.05, 3.63) is 29.3 Å². The molecule has 2 fully saturated rings. The predicted octanol–water partition coefficient (Wildman–Crippen LogP) is 1.75. The number of amides is 1. The second-order valence-electron chi connectivity index (χ2n) is 5.21. The van der Waals surface area contributed by atoms with Crippen molar-refractivity contribution in [2.24, 2.45) is 0 Å². The van der Waals surface area contributed by atoms with E-state index in [2.05, 4.69) is 5.32 Å². The van der Waals surface area contributed by atoms with E-state index in [0.717, 1.165) is 24.8 Å². The fourth-order valence-corrected chi connectivity index (χ4v) is 2.87. The van der Waals surface area contributed by atoms with Gasteiger partial charge in [-0.05, 0) is 38.3 Å². The zero-order valence-corrected chi connectivity index (χ0v) is 10.3. The van der Waals surface area contributed by atoms with Crippen LogP contribution in [0.4, 0.5) is 0 Å². The number of ether oxygens (including phenoxy) is 1. The lowest BCUT2D eigenvalue weighted by molar-refractivity contribution is 0.0839. The number of fused-ring (bicyclic) bond motifs is 2. The Morgan fingerprint density at radius 3 is 2.94 bits per heavy atom. The summed E-state index contributed by atoms with van der Waals surface area (Å²) in [5.41, 5.74) is 1.31. The average molecular weight is 247 g/mol. The first kappa shape index (κ1) is 11.5. The molecule has 0 radical (unpaired) electrons. The molecule has 0 spiro atoms. The van der Waals surface area contributed by atoms with Crippen molar-refractivity contribution in [1.29, 1.82) is 0 Å². The van der Waals surface area contributed by atoms with Gasteiger partial charge in [-0.2, -0.15) is 0 Å². The van der Waals surface area contributed by atoms with Gasteiger partial charge in [-0.25, -0.2) is 0 Å². The molecule has 2 aliphatic heterocycles. The molecule has 0 aliphatic carbocycles. The van der Waals surface area contributed by atoms with E-state index in [1.807, 2.05) is 6.92 Å². The third kappa shape index (κ3) is 1.97. The van der Waals surface area contributed by atoms with E-state index in [-0.39, 0.29) is 23.8 Å². The monoisotopic (exact) mass is 247 g/mol. The van der Waals surface area contributed by atoms with Crippen molar-refractivity contribution in [2.75, 3.05) is 0 Å². The molecule has 1 aromatic carbocycles. The Morgan fingerprint density at radius 2 is 2.28 bits per heavy atom. The highest BCUT2D eigenvalue weighted by Gasteiger charge is 2.41. The predicted molar refractivity (Wildman–Crippen MR) is 66.6 cm³/mol. The number of nitrogens with one attached hydrogen (secondary N) is 1. The maximum atomic E-state index is 12.1. The molecule has 0 saturated carbocycles. The number of aromatic hydroxyl groups is 1. The van der Waals surface area contributed by atoms with Crippen LogP contribution >= 0.6 is 0 Å². The summed E-state index contributed by atoms with van der Waals surface area (Å²) >= 11 is 0. The van der Waals surface area contributed by atoms with Crippen LogP contribution < -0.4 is 5.32 Å². The molecule has 1 amide bonds. The van der Waals surface area contributed by atoms with Gasteiger partial charge in [0.15, 0.2) is 0 Å². The van der Waals surface area contributed by atoms with E-state index in [0.29, 0.717) is 11.7 Å². The van der Waals surface area contributed by atoms with Crippen LogP contribution in [0, 0.1) is 6.92 Å². The summed E-state index contributed by atoms with van der Waals surface area (Å²) in [6.07, 6.45) is 3.49. The first-order chi connectivity index (χ1) is 8.63. The van der Waals surface area contributed by atoms with Gasteiger partial charge in [0.25, 0.3) is 5.91 Å². The summed E-state index contributed by atoms with van der Waals surface area (Å²) in [6, 6.07) is 5.14. The van der Waals surface area contributed by atoms with Crippen LogP contribution in [0.25, 0.3) is 0 Å². The van der Waals surface area contributed by atoms with Gasteiger partial charge in [0, 0.05) is 0 Å². The van der Waals surface area contributed by atoms with Crippen LogP contribution in [0.5, 0.6) is 5.75 Å². The fraction of sp³-hybridized carbons (Fsp3) is 0.500. The molecule has 96 valence electrons. The number of phenolic OH excluding ortho intramolecular Hbond substituents is 1. The largest absolute Gasteiger partial charge is 0.507 e. The molecule has 18 heavy (non-hydrogen) atoms. The van der Waals surface area contributed by atoms with E-state index in [1.165, 1.54) is 0 Å². The summed E-state index contributed by atoms with van der Waals surface area (Å²) in [6.45, 7) is 1.90. The highest BCUT2D eigenvalue weighted by Crippen LogP contribution is 2.34. The second kappa shape index (κ2) is 4.28. The smallest absolute Gasteiger partial charge is 0.255 e. The van der Waals surface area contributed by atoms with Crippen LogP contribution in [-0.2, 0) is 4.74 Å². The Hall–Kier alpha value is -1.55. The van der Waals surface area contributed by atoms with Crippen molar-refractivity contribution in [3.8, 4) is 5.75 Å². The molecular weight excluding hydrogens is 230 g/mol. The number of phenols is 1. The zero-order valence-electron chi connectivity index (χ0n) is 10.3. The highest BCUT2D eigenvalue weighted by molar-refractivity contribution is 5.97. The van der Waals surface area contributed by atoms with E-state index in [4.69, 9.17) is 4.74 Å². The lowest BCUT2D eigenvalue weighted by Crippen LogP contribution is -2.41. The zero-order chi connectivity index (χ0) is 12.7. The lowest BCUT2D eigenvalue weighted by atomic mass is 9.95. The number of aryl methyl sites for hydroxylation is 1. The maximum absolute atomic E-state index is 12.1. The Bertz CT molecular complexity index is 486. The number of benzene rings is 1. The number of carbonyl (C=O) groups is 1. The standard InChI is InChI=1S/C14H17NO3/c1-8-2-4-12(16)10(6-8)14(17)15-11-7-9-3-5-13(11)18-9/h2,4,6,9,11,13,16H,3,5,7H2,1H3,(H,15,17). The van der Waals surface area contributed by atoms with Gasteiger partial charge >= 0.3 is 0 Å². The molecule has 4 nitrogen and oxygen atoms in total. The Kier molecular flexibility index (Phi) is 2.74. The number of hydrogen-bond acceptors (Lipinski definition) is 3. The molecule has 2 bridgehead atoms.